The van der Waals surface area contributed by atoms with Crippen LogP contribution < -0.4 is 9.92 Å². The molecule has 0 aliphatic heterocycles. The molecule has 0 saturated carbocycles. The van der Waals surface area contributed by atoms with Gasteiger partial charge in [-0.05, 0) is 44.0 Å². The minimum atomic E-state index is -3.90. The van der Waals surface area contributed by atoms with Gasteiger partial charge in [0.1, 0.15) is 23.0 Å². The van der Waals surface area contributed by atoms with Gasteiger partial charge >= 0.3 is 10.1 Å². The molecule has 0 saturated heterocycles. The largest absolute Gasteiger partial charge is 0.380 e. The summed E-state index contributed by atoms with van der Waals surface area (Å²) in [6, 6.07) is 6.42. The molecule has 34 heavy (non-hydrogen) atoms. The van der Waals surface area contributed by atoms with Crippen molar-refractivity contribution < 1.29 is 21.4 Å². The summed E-state index contributed by atoms with van der Waals surface area (Å²) in [5.41, 5.74) is 8.26. The average molecular weight is 490 g/mol. The van der Waals surface area contributed by atoms with E-state index in [1.165, 1.54) is 12.1 Å². The number of halogens is 2. The third kappa shape index (κ3) is 4.35. The second-order valence-electron chi connectivity index (χ2n) is 8.62. The molecule has 8 nitrogen and oxygen atoms in total. The average Bonchev–Trinajstić information content (AvgIpc) is 3.25. The minimum absolute atomic E-state index is 0.0254. The molecule has 2 aromatic carbocycles. The monoisotopic (exact) mass is 489 g/mol. The number of benzene rings is 2. The Hall–Kier alpha value is -3.47. The highest BCUT2D eigenvalue weighted by molar-refractivity contribution is 7.86. The third-order valence-electron chi connectivity index (χ3n) is 5.70. The first-order chi connectivity index (χ1) is 15.9. The van der Waals surface area contributed by atoms with Crippen LogP contribution in [0.4, 0.5) is 14.7 Å². The number of aryl methyl sites for hydroxylation is 1. The Balaban J connectivity index is 2.03. The van der Waals surface area contributed by atoms with E-state index in [-0.39, 0.29) is 34.7 Å². The predicted molar refractivity (Wildman–Crippen MR) is 127 cm³/mol. The molecule has 0 amide bonds. The lowest BCUT2D eigenvalue weighted by molar-refractivity contribution is 0.421. The number of aromatic nitrogens is 4. The van der Waals surface area contributed by atoms with E-state index in [0.29, 0.717) is 28.3 Å². The molecule has 0 aliphatic carbocycles. The van der Waals surface area contributed by atoms with E-state index in [0.717, 1.165) is 18.4 Å². The molecule has 180 valence electrons. The molecule has 1 atom stereocenters. The number of nitrogen functional groups attached to an aromatic ring is 1. The number of rotatable bonds is 6. The standard InChI is InChI=1S/C23H25F2N5O3S/c1-11(2)12(3)30-18-8-14(9-19(33-34(5,31)32)22(18)29-23(30)26)20-21(28-13(4)27-20)16-7-6-15(24)10-17(16)25/h6-12H,1-5H3,(H2,26,29)(H,27,28). The zero-order valence-corrected chi connectivity index (χ0v) is 20.2. The summed E-state index contributed by atoms with van der Waals surface area (Å²) in [4.78, 5) is 11.9. The van der Waals surface area contributed by atoms with Crippen LogP contribution in [0.5, 0.6) is 5.75 Å². The van der Waals surface area contributed by atoms with Gasteiger partial charge in [-0.15, -0.1) is 0 Å². The maximum Gasteiger partial charge on any atom is 0.306 e. The Bertz CT molecular complexity index is 1510. The number of hydrogen-bond donors (Lipinski definition) is 2. The van der Waals surface area contributed by atoms with Crippen LogP contribution in [0.1, 0.15) is 32.6 Å². The van der Waals surface area contributed by atoms with Gasteiger partial charge in [0.2, 0.25) is 5.95 Å². The molecular weight excluding hydrogens is 464 g/mol. The van der Waals surface area contributed by atoms with Crippen molar-refractivity contribution in [2.45, 2.75) is 33.7 Å². The molecule has 2 aromatic heterocycles. The number of anilines is 1. The maximum absolute atomic E-state index is 14.6. The van der Waals surface area contributed by atoms with Crippen molar-refractivity contribution in [3.8, 4) is 28.3 Å². The Morgan fingerprint density at radius 1 is 1.12 bits per heavy atom. The van der Waals surface area contributed by atoms with Crippen LogP contribution in [0.3, 0.4) is 0 Å². The van der Waals surface area contributed by atoms with Crippen molar-refractivity contribution in [2.24, 2.45) is 5.92 Å². The van der Waals surface area contributed by atoms with Gasteiger partial charge in [-0.25, -0.2) is 18.7 Å². The first-order valence-corrected chi connectivity index (χ1v) is 12.4. The van der Waals surface area contributed by atoms with Crippen molar-refractivity contribution >= 4 is 27.1 Å². The quantitative estimate of drug-likeness (QED) is 0.375. The summed E-state index contributed by atoms with van der Waals surface area (Å²) in [6.45, 7) is 7.73. The molecule has 2 heterocycles. The summed E-state index contributed by atoms with van der Waals surface area (Å²) in [7, 11) is -3.90. The second-order valence-corrected chi connectivity index (χ2v) is 10.2. The first kappa shape index (κ1) is 23.7. The van der Waals surface area contributed by atoms with Crippen LogP contribution >= 0.6 is 0 Å². The summed E-state index contributed by atoms with van der Waals surface area (Å²) in [5, 5.41) is 0. The van der Waals surface area contributed by atoms with Gasteiger partial charge in [-0.3, -0.25) is 0 Å². The first-order valence-electron chi connectivity index (χ1n) is 10.6. The van der Waals surface area contributed by atoms with Gasteiger partial charge in [-0.2, -0.15) is 8.42 Å². The highest BCUT2D eigenvalue weighted by atomic mass is 32.2. The molecule has 11 heteroatoms. The summed E-state index contributed by atoms with van der Waals surface area (Å²) in [6.07, 6.45) is 0.931. The molecule has 0 bridgehead atoms. The Labute approximate surface area is 195 Å². The van der Waals surface area contributed by atoms with Crippen molar-refractivity contribution in [3.05, 3.63) is 47.8 Å². The van der Waals surface area contributed by atoms with Gasteiger partial charge in [-0.1, -0.05) is 13.8 Å². The van der Waals surface area contributed by atoms with E-state index in [1.807, 2.05) is 20.8 Å². The van der Waals surface area contributed by atoms with Gasteiger partial charge < -0.3 is 19.5 Å². The Kier molecular flexibility index (Phi) is 5.84. The number of imidazole rings is 2. The van der Waals surface area contributed by atoms with E-state index < -0.39 is 21.8 Å². The highest BCUT2D eigenvalue weighted by Crippen LogP contribution is 2.39. The molecule has 1 unspecified atom stereocenters. The fraction of sp³-hybridized carbons (Fsp3) is 0.304. The van der Waals surface area contributed by atoms with Crippen LogP contribution in [0.25, 0.3) is 33.5 Å². The van der Waals surface area contributed by atoms with E-state index in [9.17, 15) is 17.2 Å². The maximum atomic E-state index is 14.6. The SMILES string of the molecule is Cc1nc(-c2cc(OS(C)(=O)=O)c3nc(N)n(C(C)C(C)C)c3c2)c(-c2ccc(F)cc2F)[nH]1. The molecule has 4 rings (SSSR count). The summed E-state index contributed by atoms with van der Waals surface area (Å²) < 4.78 is 59.2. The number of fused-ring (bicyclic) bond motifs is 1. The molecule has 0 aliphatic rings. The topological polar surface area (TPSA) is 116 Å². The molecular formula is C23H25F2N5O3S. The molecule has 4 aromatic rings. The van der Waals surface area contributed by atoms with Gasteiger partial charge in [0.05, 0.1) is 23.2 Å². The lowest BCUT2D eigenvalue weighted by Crippen LogP contribution is -2.14. The van der Waals surface area contributed by atoms with Crippen molar-refractivity contribution in [1.29, 1.82) is 0 Å². The number of H-pyrrole nitrogens is 1. The zero-order valence-electron chi connectivity index (χ0n) is 19.3. The van der Waals surface area contributed by atoms with Crippen molar-refractivity contribution in [3.63, 3.8) is 0 Å². The van der Waals surface area contributed by atoms with Crippen molar-refractivity contribution in [2.75, 3.05) is 12.0 Å². The fourth-order valence-corrected chi connectivity index (χ4v) is 4.31. The van der Waals surface area contributed by atoms with E-state index >= 15 is 0 Å². The number of hydrogen-bond acceptors (Lipinski definition) is 6. The van der Waals surface area contributed by atoms with Crippen LogP contribution in [0.15, 0.2) is 30.3 Å². The zero-order chi connectivity index (χ0) is 24.9. The normalized spacial score (nSPS) is 13.1. The number of nitrogens with one attached hydrogen (secondary N) is 1. The van der Waals surface area contributed by atoms with E-state index in [4.69, 9.17) is 9.92 Å². The van der Waals surface area contributed by atoms with Crippen LogP contribution in [0.2, 0.25) is 0 Å². The molecule has 0 spiro atoms. The van der Waals surface area contributed by atoms with Crippen LogP contribution in [-0.4, -0.2) is 34.2 Å². The third-order valence-corrected chi connectivity index (χ3v) is 6.18. The molecule has 3 N–H and O–H groups in total. The number of nitrogens with zero attached hydrogens (tertiary/aromatic N) is 3. The number of nitrogens with two attached hydrogens (primary N) is 1. The minimum Gasteiger partial charge on any atom is -0.380 e. The lowest BCUT2D eigenvalue weighted by atomic mass is 10.0. The fourth-order valence-electron chi connectivity index (χ4n) is 3.86. The lowest BCUT2D eigenvalue weighted by Gasteiger charge is -2.20. The molecule has 0 fully saturated rings. The van der Waals surface area contributed by atoms with Crippen molar-refractivity contribution in [1.82, 2.24) is 19.5 Å². The van der Waals surface area contributed by atoms with E-state index in [2.05, 4.69) is 15.0 Å². The summed E-state index contributed by atoms with van der Waals surface area (Å²) in [5.74, 6) is -0.605. The van der Waals surface area contributed by atoms with Gasteiger partial charge in [0, 0.05) is 23.2 Å². The van der Waals surface area contributed by atoms with Gasteiger partial charge in [0.15, 0.2) is 5.75 Å². The summed E-state index contributed by atoms with van der Waals surface area (Å²) >= 11 is 0. The van der Waals surface area contributed by atoms with Gasteiger partial charge in [0.25, 0.3) is 0 Å². The smallest absolute Gasteiger partial charge is 0.306 e. The molecule has 0 radical (unpaired) electrons. The Morgan fingerprint density at radius 3 is 2.44 bits per heavy atom. The second kappa shape index (κ2) is 8.39. The predicted octanol–water partition coefficient (Wildman–Crippen LogP) is 4.82. The van der Waals surface area contributed by atoms with Crippen LogP contribution in [-0.2, 0) is 10.1 Å². The van der Waals surface area contributed by atoms with Crippen LogP contribution in [0, 0.1) is 24.5 Å². The highest BCUT2D eigenvalue weighted by Gasteiger charge is 2.24. The number of aromatic amines is 1. The Morgan fingerprint density at radius 2 is 1.82 bits per heavy atom. The van der Waals surface area contributed by atoms with E-state index in [1.54, 1.807) is 17.6 Å².